The third-order valence-electron chi connectivity index (χ3n) is 7.36. The Bertz CT molecular complexity index is 2230. The Labute approximate surface area is 293 Å². The van der Waals surface area contributed by atoms with Crippen molar-refractivity contribution in [3.63, 3.8) is 0 Å². The van der Waals surface area contributed by atoms with E-state index in [2.05, 4.69) is 45.4 Å². The number of thiophene rings is 1. The largest absolute Gasteiger partial charge is 0.304 e. The first kappa shape index (κ1) is 25.7. The second-order valence-corrected chi connectivity index (χ2v) is 23.2. The molecule has 0 aliphatic rings. The number of aryl methyl sites for hydroxylation is 2. The van der Waals surface area contributed by atoms with E-state index < -0.39 is 27.0 Å². The van der Waals surface area contributed by atoms with Crippen LogP contribution in [0.15, 0.2) is 109 Å². The van der Waals surface area contributed by atoms with Gasteiger partial charge < -0.3 is 4.98 Å². The first-order chi connectivity index (χ1) is 23.6. The number of pyridine rings is 2. The van der Waals surface area contributed by atoms with Crippen LogP contribution in [0.4, 0.5) is 4.39 Å². The molecule has 0 bridgehead atoms. The van der Waals surface area contributed by atoms with E-state index in [1.54, 1.807) is 36.5 Å². The molecule has 0 unspecified atom stereocenters. The average Bonchev–Trinajstić information content (AvgIpc) is 3.45. The molecule has 45 heavy (non-hydrogen) atoms. The molecule has 7 rings (SSSR count). The third kappa shape index (κ3) is 7.34. The van der Waals surface area contributed by atoms with Crippen molar-refractivity contribution >= 4 is 49.2 Å². The summed E-state index contributed by atoms with van der Waals surface area (Å²) >= 11 is -0.372. The van der Waals surface area contributed by atoms with Gasteiger partial charge in [-0.15, -0.1) is 23.8 Å². The molecule has 0 atom stereocenters. The number of fused-ring (bicyclic) bond motifs is 3. The van der Waals surface area contributed by atoms with Gasteiger partial charge in [-0.25, -0.2) is 4.39 Å². The van der Waals surface area contributed by atoms with E-state index in [0.717, 1.165) is 42.6 Å². The smallest absolute Gasteiger partial charge is 0.124 e. The topological polar surface area (TPSA) is 25.8 Å². The van der Waals surface area contributed by atoms with Crippen LogP contribution < -0.4 is 4.40 Å². The van der Waals surface area contributed by atoms with Crippen LogP contribution in [0.3, 0.4) is 0 Å². The molecule has 0 fully saturated rings. The van der Waals surface area contributed by atoms with E-state index in [4.69, 9.17) is 8.22 Å². The Kier molecular flexibility index (Phi) is 7.92. The molecule has 7 aromatic rings. The zero-order valence-corrected chi connectivity index (χ0v) is 30.2. The summed E-state index contributed by atoms with van der Waals surface area (Å²) in [5.41, 5.74) is 4.87. The fourth-order valence-electron chi connectivity index (χ4n) is 4.93. The van der Waals surface area contributed by atoms with Gasteiger partial charge in [0.25, 0.3) is 0 Å². The minimum atomic E-state index is -2.29. The van der Waals surface area contributed by atoms with Gasteiger partial charge in [0.2, 0.25) is 0 Å². The number of aromatic nitrogens is 2. The van der Waals surface area contributed by atoms with Crippen LogP contribution >= 0.6 is 11.3 Å². The van der Waals surface area contributed by atoms with Crippen LogP contribution in [0, 0.1) is 31.7 Å². The summed E-state index contributed by atoms with van der Waals surface area (Å²) in [5.74, 6) is 6.70. The molecule has 0 saturated heterocycles. The second-order valence-electron chi connectivity index (χ2n) is 11.5. The molecule has 0 aliphatic carbocycles. The summed E-state index contributed by atoms with van der Waals surface area (Å²) in [6, 6.07) is 34.8. The second kappa shape index (κ2) is 13.9. The number of nitrogens with zero attached hydrogens (tertiary/aromatic N) is 2. The summed E-state index contributed by atoms with van der Waals surface area (Å²) < 4.78 is 63.0. The monoisotopic (exact) mass is 853 g/mol. The van der Waals surface area contributed by atoms with Crippen LogP contribution in [0.5, 0.6) is 0 Å². The molecule has 0 aliphatic heterocycles. The van der Waals surface area contributed by atoms with Crippen molar-refractivity contribution in [1.29, 1.82) is 0 Å². The average molecular weight is 852 g/mol. The Morgan fingerprint density at radius 2 is 1.62 bits per heavy atom. The summed E-state index contributed by atoms with van der Waals surface area (Å²) in [7, 11) is 0. The predicted octanol–water partition coefficient (Wildman–Crippen LogP) is 10.4. The fraction of sp³-hybridized carbons (Fsp3) is 0.128. The molecular formula is C39H33FGeIrN2S-2. The van der Waals surface area contributed by atoms with Crippen molar-refractivity contribution in [1.82, 2.24) is 9.97 Å². The van der Waals surface area contributed by atoms with Gasteiger partial charge in [-0.05, 0) is 45.9 Å². The van der Waals surface area contributed by atoms with Crippen LogP contribution in [-0.4, -0.2) is 23.2 Å². The molecule has 3 aromatic heterocycles. The number of rotatable bonds is 4. The standard InChI is InChI=1S/C24H15FNS.C15H18GeN.Ir/c1-15-12-22(26-14-21(15)16-6-3-2-4-7-16)20-9-5-8-19-18-11-10-17(25)13-23(18)27-24(19)20;1-12-5-7-13(8-6-12)15-10-9-14(11-17-15)16(2,3)4;/h2-8,10-14H,1H3;5-7,9-11H,1-4H3;/q2*-1;/i2*1D3;. The number of halogens is 1. The maximum atomic E-state index is 13.7. The number of benzene rings is 4. The summed E-state index contributed by atoms with van der Waals surface area (Å²) in [6.07, 6.45) is 3.56. The van der Waals surface area contributed by atoms with Crippen LogP contribution in [0.25, 0.3) is 53.8 Å². The van der Waals surface area contributed by atoms with E-state index in [1.165, 1.54) is 33.9 Å². The maximum Gasteiger partial charge on any atom is 0.124 e. The zero-order chi connectivity index (χ0) is 35.8. The Morgan fingerprint density at radius 1 is 0.800 bits per heavy atom. The van der Waals surface area contributed by atoms with Gasteiger partial charge in [-0.3, -0.25) is 0 Å². The van der Waals surface area contributed by atoms with Crippen molar-refractivity contribution in [3.8, 4) is 33.6 Å². The number of hydrogen-bond donors (Lipinski definition) is 0. The molecular weight excluding hydrogens is 812 g/mol. The van der Waals surface area contributed by atoms with Gasteiger partial charge in [0.15, 0.2) is 0 Å². The van der Waals surface area contributed by atoms with Crippen LogP contribution in [0.1, 0.15) is 19.4 Å². The fourth-order valence-corrected chi connectivity index (χ4v) is 8.33. The van der Waals surface area contributed by atoms with Gasteiger partial charge in [-0.1, -0.05) is 47.9 Å². The molecule has 227 valence electrons. The molecule has 6 heteroatoms. The first-order valence-electron chi connectivity index (χ1n) is 17.2. The molecule has 0 saturated carbocycles. The molecule has 0 amide bonds. The Hall–Kier alpha value is -3.48. The van der Waals surface area contributed by atoms with Crippen molar-refractivity contribution < 1.29 is 32.7 Å². The summed E-state index contributed by atoms with van der Waals surface area (Å²) in [6.45, 7) is -4.37. The van der Waals surface area contributed by atoms with Crippen molar-refractivity contribution in [2.75, 3.05) is 0 Å². The van der Waals surface area contributed by atoms with Gasteiger partial charge in [0.1, 0.15) is 5.82 Å². The zero-order valence-electron chi connectivity index (χ0n) is 30.9. The Morgan fingerprint density at radius 3 is 2.31 bits per heavy atom. The molecule has 3 heterocycles. The van der Waals surface area contributed by atoms with Gasteiger partial charge >= 0.3 is 110 Å². The first-order valence-corrected chi connectivity index (χ1v) is 22.3. The minimum absolute atomic E-state index is 0. The van der Waals surface area contributed by atoms with E-state index >= 15 is 0 Å². The van der Waals surface area contributed by atoms with E-state index in [1.807, 2.05) is 48.7 Å². The minimum Gasteiger partial charge on any atom is -0.304 e. The van der Waals surface area contributed by atoms with Gasteiger partial charge in [0, 0.05) is 40.7 Å². The van der Waals surface area contributed by atoms with E-state index in [0.29, 0.717) is 16.8 Å². The summed E-state index contributed by atoms with van der Waals surface area (Å²) in [4.78, 5) is 9.07. The molecule has 1 radical (unpaired) electrons. The van der Waals surface area contributed by atoms with Crippen molar-refractivity contribution in [2.45, 2.75) is 31.0 Å². The number of hydrogen-bond acceptors (Lipinski definition) is 3. The maximum absolute atomic E-state index is 13.7. The van der Waals surface area contributed by atoms with E-state index in [-0.39, 0.29) is 31.5 Å². The molecule has 2 nitrogen and oxygen atoms in total. The Balaban J connectivity index is 0.000000211. The normalized spacial score (nSPS) is 13.7. The molecule has 0 spiro atoms. The molecule has 0 N–H and O–H groups in total. The van der Waals surface area contributed by atoms with Crippen molar-refractivity contribution in [2.24, 2.45) is 0 Å². The van der Waals surface area contributed by atoms with Crippen LogP contribution in [0.2, 0.25) is 17.3 Å². The van der Waals surface area contributed by atoms with Crippen molar-refractivity contribution in [3.05, 3.63) is 139 Å². The summed E-state index contributed by atoms with van der Waals surface area (Å²) in [5, 5.41) is 1.94. The quantitative estimate of drug-likeness (QED) is 0.130. The SMILES string of the molecule is [2H]C([2H])([2H])c1c[c-]c(-c2cc[c]([Ge]([CH3])([CH3])[CH3])cn2)cc1.[2H]C([2H])([2H])c1cc(-c2[c-]ccc3c2sc2cc(F)ccc23)ncc1-c1ccccc1.[Ir]. The van der Waals surface area contributed by atoms with Gasteiger partial charge in [0.05, 0.1) is 0 Å². The van der Waals surface area contributed by atoms with E-state index in [9.17, 15) is 4.39 Å². The predicted molar refractivity (Wildman–Crippen MR) is 188 cm³/mol. The third-order valence-corrected chi connectivity index (χ3v) is 12.8. The van der Waals surface area contributed by atoms with Gasteiger partial charge in [-0.2, -0.15) is 11.3 Å². The molecule has 4 aromatic carbocycles. The van der Waals surface area contributed by atoms with Crippen LogP contribution in [-0.2, 0) is 20.1 Å².